The number of benzene rings is 4. The van der Waals surface area contributed by atoms with Gasteiger partial charge in [0.15, 0.2) is 0 Å². The minimum absolute atomic E-state index is 0.170. The van der Waals surface area contributed by atoms with Crippen molar-refractivity contribution in [2.24, 2.45) is 5.92 Å². The summed E-state index contributed by atoms with van der Waals surface area (Å²) in [6, 6.07) is 44.6. The van der Waals surface area contributed by atoms with E-state index in [0.717, 1.165) is 0 Å². The molecule has 1 unspecified atom stereocenters. The molecule has 0 saturated carbocycles. The molecule has 0 aromatic heterocycles. The van der Waals surface area contributed by atoms with Gasteiger partial charge >= 0.3 is 0 Å². The van der Waals surface area contributed by atoms with Gasteiger partial charge in [-0.15, -0.1) is 0 Å². The van der Waals surface area contributed by atoms with Crippen LogP contribution in [0.5, 0.6) is 0 Å². The van der Waals surface area contributed by atoms with E-state index in [4.69, 9.17) is 0 Å². The van der Waals surface area contributed by atoms with Crippen molar-refractivity contribution in [2.75, 3.05) is 28.2 Å². The molecule has 0 amide bonds. The molecule has 0 N–H and O–H groups in total. The van der Waals surface area contributed by atoms with Gasteiger partial charge in [0.2, 0.25) is 0 Å². The molecule has 0 aliphatic heterocycles. The Bertz CT molecular complexity index is 1320. The van der Waals surface area contributed by atoms with E-state index in [2.05, 4.69) is 171 Å². The maximum atomic E-state index is 2.48. The van der Waals surface area contributed by atoms with E-state index in [1.54, 1.807) is 5.31 Å². The molecule has 5 rings (SSSR count). The lowest BCUT2D eigenvalue weighted by Crippen LogP contribution is -2.30. The first-order chi connectivity index (χ1) is 18.6. The van der Waals surface area contributed by atoms with Crippen LogP contribution in [-0.4, -0.2) is 38.0 Å². The first-order valence-corrected chi connectivity index (χ1v) is 14.7. The second-order valence-electron chi connectivity index (χ2n) is 10.3. The zero-order valence-corrected chi connectivity index (χ0v) is 23.7. The van der Waals surface area contributed by atoms with Crippen LogP contribution in [0.1, 0.15) is 23.2 Å². The van der Waals surface area contributed by atoms with Crippen molar-refractivity contribution in [3.63, 3.8) is 0 Å². The molecule has 4 aromatic carbocycles. The third kappa shape index (κ3) is 5.45. The van der Waals surface area contributed by atoms with Gasteiger partial charge < -0.3 is 4.90 Å². The van der Waals surface area contributed by atoms with Crippen LogP contribution < -0.4 is 10.6 Å². The number of rotatable bonds is 9. The summed E-state index contributed by atoms with van der Waals surface area (Å²) in [6.07, 6.45) is 4.90. The number of nitrogens with zero attached hydrogens (tertiary/aromatic N) is 2. The summed E-state index contributed by atoms with van der Waals surface area (Å²) >= 11 is 0. The van der Waals surface area contributed by atoms with Crippen LogP contribution in [-0.2, 0) is 0 Å². The molecule has 1 aliphatic carbocycles. The highest BCUT2D eigenvalue weighted by atomic mass is 31.1. The topological polar surface area (TPSA) is 6.48 Å². The molecule has 0 bridgehead atoms. The first-order valence-electron chi connectivity index (χ1n) is 13.3. The van der Waals surface area contributed by atoms with E-state index < -0.39 is 7.92 Å². The Labute approximate surface area is 229 Å². The highest BCUT2D eigenvalue weighted by Crippen LogP contribution is 2.57. The van der Waals surface area contributed by atoms with E-state index in [-0.39, 0.29) is 18.0 Å². The predicted molar refractivity (Wildman–Crippen MR) is 164 cm³/mol. The summed E-state index contributed by atoms with van der Waals surface area (Å²) in [4.78, 5) is 4.76. The van der Waals surface area contributed by atoms with Gasteiger partial charge in [-0.25, -0.2) is 0 Å². The van der Waals surface area contributed by atoms with Crippen LogP contribution in [0.4, 0.5) is 0 Å². The van der Waals surface area contributed by atoms with E-state index >= 15 is 0 Å². The lowest BCUT2D eigenvalue weighted by Gasteiger charge is -2.37. The molecular weight excluding hydrogens is 479 g/mol. The van der Waals surface area contributed by atoms with E-state index in [9.17, 15) is 0 Å². The maximum absolute atomic E-state index is 2.48. The van der Waals surface area contributed by atoms with Crippen molar-refractivity contribution in [1.29, 1.82) is 0 Å². The summed E-state index contributed by atoms with van der Waals surface area (Å²) in [5.74, 6) is 0.250. The molecule has 3 heteroatoms. The summed E-state index contributed by atoms with van der Waals surface area (Å²) in [5.41, 5.74) is 4.10. The summed E-state index contributed by atoms with van der Waals surface area (Å²) < 4.78 is 0. The maximum Gasteiger partial charge on any atom is 0.0600 e. The molecule has 0 heterocycles. The molecule has 0 radical (unpaired) electrons. The Morgan fingerprint density at radius 1 is 0.553 bits per heavy atom. The van der Waals surface area contributed by atoms with Gasteiger partial charge in [0.1, 0.15) is 0 Å². The Morgan fingerprint density at radius 2 is 1.00 bits per heavy atom. The lowest BCUT2D eigenvalue weighted by atomic mass is 9.91. The molecule has 0 fully saturated rings. The van der Waals surface area contributed by atoms with E-state index in [0.29, 0.717) is 0 Å². The molecule has 0 saturated heterocycles. The Balaban J connectivity index is 1.78. The molecule has 3 atom stereocenters. The normalized spacial score (nSPS) is 17.0. The van der Waals surface area contributed by atoms with Gasteiger partial charge in [-0.2, -0.15) is 0 Å². The van der Waals surface area contributed by atoms with Crippen LogP contribution in [0.25, 0.3) is 0 Å². The van der Waals surface area contributed by atoms with Crippen molar-refractivity contribution in [3.05, 3.63) is 155 Å². The Kier molecular flexibility index (Phi) is 8.35. The zero-order valence-electron chi connectivity index (χ0n) is 22.8. The van der Waals surface area contributed by atoms with Crippen molar-refractivity contribution >= 4 is 18.5 Å². The smallest absolute Gasteiger partial charge is 0.0600 e. The minimum Gasteiger partial charge on any atom is -0.301 e. The average molecular weight is 517 g/mol. The van der Waals surface area contributed by atoms with Crippen molar-refractivity contribution in [1.82, 2.24) is 9.80 Å². The zero-order chi connectivity index (χ0) is 26.5. The molecule has 0 spiro atoms. The van der Waals surface area contributed by atoms with Gasteiger partial charge in [0.25, 0.3) is 0 Å². The fraction of sp³-hybridized carbons (Fsp3) is 0.200. The lowest BCUT2D eigenvalue weighted by molar-refractivity contribution is 0.264. The van der Waals surface area contributed by atoms with Gasteiger partial charge in [-0.3, -0.25) is 4.90 Å². The second-order valence-corrected chi connectivity index (χ2v) is 12.5. The first kappa shape index (κ1) is 26.3. The Hall–Kier alpha value is -3.29. The van der Waals surface area contributed by atoms with E-state index in [1.807, 2.05) is 0 Å². The average Bonchev–Trinajstić information content (AvgIpc) is 3.34. The van der Waals surface area contributed by atoms with Gasteiger partial charge in [-0.1, -0.05) is 133 Å². The van der Waals surface area contributed by atoms with Gasteiger partial charge in [-0.05, 0) is 68.7 Å². The third-order valence-electron chi connectivity index (χ3n) is 7.33. The van der Waals surface area contributed by atoms with E-state index in [1.165, 1.54) is 27.3 Å². The van der Waals surface area contributed by atoms with Crippen LogP contribution >= 0.6 is 7.92 Å². The summed E-state index contributed by atoms with van der Waals surface area (Å²) in [7, 11) is 8.08. The fourth-order valence-electron chi connectivity index (χ4n) is 5.79. The molecular formula is C35H37N2P. The van der Waals surface area contributed by atoms with Gasteiger partial charge in [0.05, 0.1) is 6.04 Å². The molecule has 4 aromatic rings. The highest BCUT2D eigenvalue weighted by molar-refractivity contribution is 7.76. The number of hydrogen-bond donors (Lipinski definition) is 0. The predicted octanol–water partition coefficient (Wildman–Crippen LogP) is 7.17. The van der Waals surface area contributed by atoms with Crippen molar-refractivity contribution in [2.45, 2.75) is 12.1 Å². The van der Waals surface area contributed by atoms with Crippen LogP contribution in [0, 0.1) is 5.92 Å². The van der Waals surface area contributed by atoms with Crippen LogP contribution in [0.3, 0.4) is 0 Å². The second kappa shape index (κ2) is 12.0. The molecule has 38 heavy (non-hydrogen) atoms. The SMILES string of the molecule is CN(C)[C@H](C1=C(P(c2ccccc2)c2ccccc2)C([C@H](c2ccccc2)N(C)C)C=C1)c1ccccc1. The third-order valence-corrected chi connectivity index (χ3v) is 10.00. The summed E-state index contributed by atoms with van der Waals surface area (Å²) in [6.45, 7) is 0. The van der Waals surface area contributed by atoms with Crippen LogP contribution in [0.2, 0.25) is 0 Å². The minimum atomic E-state index is -0.762. The summed E-state index contributed by atoms with van der Waals surface area (Å²) in [5, 5.41) is 4.33. The standard InChI is InChI=1S/C35H37N2P/c1-36(2)33(27-17-9-5-10-18-27)31-25-26-32(34(37(3)4)28-19-11-6-12-20-28)35(31)38(29-21-13-7-14-22-29)30-23-15-8-16-24-30/h5-26,31,33-34H,1-4H3/t31?,33-,34-/m0/s1. The molecule has 2 nitrogen and oxygen atoms in total. The largest absolute Gasteiger partial charge is 0.301 e. The number of likely N-dealkylation sites (N-methyl/N-ethyl adjacent to an activating group) is 1. The van der Waals surface area contributed by atoms with Crippen LogP contribution in [0.15, 0.2) is 144 Å². The Morgan fingerprint density at radius 3 is 1.45 bits per heavy atom. The number of hydrogen-bond acceptors (Lipinski definition) is 2. The fourth-order valence-corrected chi connectivity index (χ4v) is 8.57. The molecule has 192 valence electrons. The monoisotopic (exact) mass is 516 g/mol. The van der Waals surface area contributed by atoms with Crippen molar-refractivity contribution in [3.8, 4) is 0 Å². The highest BCUT2D eigenvalue weighted by Gasteiger charge is 2.38. The molecule has 1 aliphatic rings. The quantitative estimate of drug-likeness (QED) is 0.218. The van der Waals surface area contributed by atoms with Crippen molar-refractivity contribution < 1.29 is 0 Å². The van der Waals surface area contributed by atoms with Gasteiger partial charge in [0, 0.05) is 12.0 Å².